The molecule has 3 heterocycles. The molecule has 2 aromatic rings. The van der Waals surface area contributed by atoms with Crippen LogP contribution in [0.5, 0.6) is 5.75 Å². The molecule has 2 amide bonds. The number of aromatic hydroxyl groups is 1. The molecule has 0 spiro atoms. The highest BCUT2D eigenvalue weighted by Crippen LogP contribution is 2.38. The maximum atomic E-state index is 14.0. The van der Waals surface area contributed by atoms with Crippen molar-refractivity contribution in [1.82, 2.24) is 14.8 Å². The highest BCUT2D eigenvalue weighted by molar-refractivity contribution is 5.99. The zero-order chi connectivity index (χ0) is 22.7. The van der Waals surface area contributed by atoms with Gasteiger partial charge in [0.1, 0.15) is 17.2 Å². The lowest BCUT2D eigenvalue weighted by atomic mass is 10.1. The number of amides is 2. The average Bonchev–Trinajstić information content (AvgIpc) is 3.11. The number of fused-ring (bicyclic) bond motifs is 5. The highest BCUT2D eigenvalue weighted by atomic mass is 19.1. The lowest BCUT2D eigenvalue weighted by molar-refractivity contribution is -0.132. The van der Waals surface area contributed by atoms with Crippen molar-refractivity contribution < 1.29 is 28.2 Å². The second-order valence-corrected chi connectivity index (χ2v) is 8.47. The van der Waals surface area contributed by atoms with Gasteiger partial charge in [-0.05, 0) is 32.3 Å². The monoisotopic (exact) mass is 445 g/mol. The van der Waals surface area contributed by atoms with Crippen molar-refractivity contribution >= 4 is 11.8 Å². The Labute approximate surface area is 181 Å². The van der Waals surface area contributed by atoms with Crippen molar-refractivity contribution in [3.8, 4) is 5.75 Å². The Morgan fingerprint density at radius 3 is 2.81 bits per heavy atom. The topological polar surface area (TPSA) is 101 Å². The number of carbonyl (C=O) groups excluding carboxylic acids is 2. The van der Waals surface area contributed by atoms with Gasteiger partial charge in [-0.3, -0.25) is 14.4 Å². The van der Waals surface area contributed by atoms with Crippen molar-refractivity contribution in [1.29, 1.82) is 0 Å². The van der Waals surface area contributed by atoms with E-state index in [-0.39, 0.29) is 35.5 Å². The van der Waals surface area contributed by atoms with Crippen molar-refractivity contribution in [2.24, 2.45) is 0 Å². The third-order valence-corrected chi connectivity index (χ3v) is 6.48. The van der Waals surface area contributed by atoms with Gasteiger partial charge in [-0.25, -0.2) is 8.78 Å². The van der Waals surface area contributed by atoms with E-state index in [1.54, 1.807) is 4.90 Å². The maximum absolute atomic E-state index is 14.0. The summed E-state index contributed by atoms with van der Waals surface area (Å²) in [5.41, 5.74) is -1.51. The standard InChI is InChI=1S/C22H21F2N3O5/c1-10(14-5-2-11(23)6-16(14)24)25-21(30)15-8-26-9-17-27(12-3-4-13(7-12)32-17)22(31)18(26)20(29)19(15)28/h2,5-6,8,10,12-13,17,29H,3-4,7,9H2,1H3,(H,25,30)/t10-,12?,13+,17+/m1/s1. The fourth-order valence-electron chi connectivity index (χ4n) is 4.92. The summed E-state index contributed by atoms with van der Waals surface area (Å²) in [6, 6.07) is 2.10. The molecule has 2 bridgehead atoms. The minimum atomic E-state index is -0.991. The van der Waals surface area contributed by atoms with Crippen LogP contribution in [0.3, 0.4) is 0 Å². The smallest absolute Gasteiger partial charge is 0.276 e. The number of benzene rings is 1. The number of hydrogen-bond donors (Lipinski definition) is 2. The molecule has 5 rings (SSSR count). The Balaban J connectivity index is 1.46. The lowest BCUT2D eigenvalue weighted by Crippen LogP contribution is -2.57. The number of pyridine rings is 1. The van der Waals surface area contributed by atoms with Gasteiger partial charge >= 0.3 is 0 Å². The second kappa shape index (κ2) is 7.40. The molecule has 2 N–H and O–H groups in total. The Morgan fingerprint density at radius 1 is 1.28 bits per heavy atom. The highest BCUT2D eigenvalue weighted by Gasteiger charge is 2.47. The molecule has 1 aliphatic carbocycles. The Hall–Kier alpha value is -3.27. The van der Waals surface area contributed by atoms with E-state index in [9.17, 15) is 28.3 Å². The molecular formula is C22H21F2N3O5. The van der Waals surface area contributed by atoms with Crippen molar-refractivity contribution in [3.05, 3.63) is 63.1 Å². The van der Waals surface area contributed by atoms with E-state index in [0.29, 0.717) is 6.07 Å². The maximum Gasteiger partial charge on any atom is 0.276 e. The molecule has 32 heavy (non-hydrogen) atoms. The quantitative estimate of drug-likeness (QED) is 0.753. The normalized spacial score (nSPS) is 24.7. The third-order valence-electron chi connectivity index (χ3n) is 6.48. The van der Waals surface area contributed by atoms with Crippen LogP contribution < -0.4 is 10.7 Å². The van der Waals surface area contributed by atoms with E-state index >= 15 is 0 Å². The van der Waals surface area contributed by atoms with Crippen molar-refractivity contribution in [2.75, 3.05) is 0 Å². The minimum Gasteiger partial charge on any atom is -0.503 e. The summed E-state index contributed by atoms with van der Waals surface area (Å²) in [4.78, 5) is 40.2. The summed E-state index contributed by atoms with van der Waals surface area (Å²) < 4.78 is 34.5. The third kappa shape index (κ3) is 3.17. The van der Waals surface area contributed by atoms with Crippen LogP contribution in [0.15, 0.2) is 29.2 Å². The number of carbonyl (C=O) groups is 2. The van der Waals surface area contributed by atoms with Crippen LogP contribution in [-0.4, -0.2) is 44.8 Å². The van der Waals surface area contributed by atoms with Crippen molar-refractivity contribution in [2.45, 2.75) is 57.1 Å². The number of ether oxygens (including phenoxy) is 1. The van der Waals surface area contributed by atoms with Crippen LogP contribution in [-0.2, 0) is 11.3 Å². The van der Waals surface area contributed by atoms with Crippen LogP contribution in [0.25, 0.3) is 0 Å². The van der Waals surface area contributed by atoms with Crippen LogP contribution in [0, 0.1) is 11.6 Å². The molecule has 10 heteroatoms. The van der Waals surface area contributed by atoms with E-state index in [2.05, 4.69) is 5.32 Å². The van der Waals surface area contributed by atoms with Gasteiger partial charge in [0.05, 0.1) is 18.7 Å². The van der Waals surface area contributed by atoms with E-state index in [1.807, 2.05) is 0 Å². The van der Waals surface area contributed by atoms with Crippen LogP contribution in [0.1, 0.15) is 58.6 Å². The predicted octanol–water partition coefficient (Wildman–Crippen LogP) is 2.06. The fraction of sp³-hybridized carbons (Fsp3) is 0.409. The number of nitrogens with one attached hydrogen (secondary N) is 1. The van der Waals surface area contributed by atoms with E-state index in [0.717, 1.165) is 25.3 Å². The Bertz CT molecular complexity index is 1200. The van der Waals surface area contributed by atoms with Crippen molar-refractivity contribution in [3.63, 3.8) is 0 Å². The largest absolute Gasteiger partial charge is 0.503 e. The van der Waals surface area contributed by atoms with E-state index in [1.165, 1.54) is 23.8 Å². The summed E-state index contributed by atoms with van der Waals surface area (Å²) in [6.07, 6.45) is 3.12. The summed E-state index contributed by atoms with van der Waals surface area (Å²) in [5.74, 6) is -3.75. The number of aromatic nitrogens is 1. The first-order chi connectivity index (χ1) is 15.2. The molecule has 1 unspecified atom stereocenters. The second-order valence-electron chi connectivity index (χ2n) is 8.47. The van der Waals surface area contributed by atoms with Gasteiger partial charge in [0.15, 0.2) is 17.7 Å². The molecule has 1 saturated heterocycles. The van der Waals surface area contributed by atoms with Gasteiger partial charge in [-0.2, -0.15) is 0 Å². The van der Waals surface area contributed by atoms with Gasteiger partial charge < -0.3 is 24.6 Å². The zero-order valence-electron chi connectivity index (χ0n) is 17.2. The van der Waals surface area contributed by atoms with Gasteiger partial charge in [-0.15, -0.1) is 0 Å². The molecule has 3 aliphatic rings. The summed E-state index contributed by atoms with van der Waals surface area (Å²) in [7, 11) is 0. The lowest BCUT2D eigenvalue weighted by Gasteiger charge is -2.44. The molecule has 0 radical (unpaired) electrons. The number of hydrogen-bond acceptors (Lipinski definition) is 5. The molecular weight excluding hydrogens is 424 g/mol. The van der Waals surface area contributed by atoms with Gasteiger partial charge in [0, 0.05) is 23.9 Å². The summed E-state index contributed by atoms with van der Waals surface area (Å²) >= 11 is 0. The Morgan fingerprint density at radius 2 is 2.06 bits per heavy atom. The predicted molar refractivity (Wildman–Crippen MR) is 107 cm³/mol. The van der Waals surface area contributed by atoms with Crippen LogP contribution in [0.2, 0.25) is 0 Å². The fourth-order valence-corrected chi connectivity index (χ4v) is 4.92. The van der Waals surface area contributed by atoms with Crippen LogP contribution in [0.4, 0.5) is 8.78 Å². The number of halogens is 2. The summed E-state index contributed by atoms with van der Waals surface area (Å²) in [6.45, 7) is 1.65. The molecule has 168 valence electrons. The zero-order valence-corrected chi connectivity index (χ0v) is 17.2. The van der Waals surface area contributed by atoms with E-state index in [4.69, 9.17) is 4.74 Å². The van der Waals surface area contributed by atoms with Gasteiger partial charge in [0.25, 0.3) is 11.8 Å². The first-order valence-corrected chi connectivity index (χ1v) is 10.4. The van der Waals surface area contributed by atoms with Gasteiger partial charge in [-0.1, -0.05) is 6.07 Å². The minimum absolute atomic E-state index is 0.00364. The molecule has 1 aromatic carbocycles. The van der Waals surface area contributed by atoms with Gasteiger partial charge in [0.2, 0.25) is 5.43 Å². The van der Waals surface area contributed by atoms with Crippen LogP contribution >= 0.6 is 0 Å². The first kappa shape index (κ1) is 20.6. The number of rotatable bonds is 3. The molecule has 1 saturated carbocycles. The SMILES string of the molecule is C[C@@H](NC(=O)c1cn2c(c(O)c1=O)C(=O)N1C3CC[C@@H](C3)O[C@H]1C2)c1ccc(F)cc1F. The molecule has 2 fully saturated rings. The summed E-state index contributed by atoms with van der Waals surface area (Å²) in [5, 5.41) is 13.0. The molecule has 8 nitrogen and oxygen atoms in total. The van der Waals surface area contributed by atoms with E-state index < -0.39 is 46.9 Å². The average molecular weight is 445 g/mol. The molecule has 4 atom stereocenters. The molecule has 1 aromatic heterocycles. The molecule has 2 aliphatic heterocycles. The Kier molecular flexibility index (Phi) is 4.77. The first-order valence-electron chi connectivity index (χ1n) is 10.4. The number of nitrogens with zero attached hydrogens (tertiary/aromatic N) is 2.